The quantitative estimate of drug-likeness (QED) is 0.325. The Hall–Kier alpha value is -4.74. The molecule has 2 aromatic heterocycles. The van der Waals surface area contributed by atoms with Gasteiger partial charge < -0.3 is 15.4 Å². The lowest BCUT2D eigenvalue weighted by Gasteiger charge is -2.27. The number of nitrogens with zero attached hydrogens (tertiary/aromatic N) is 4. The molecule has 3 aromatic carbocycles. The van der Waals surface area contributed by atoms with E-state index in [2.05, 4.69) is 32.0 Å². The Labute approximate surface area is 214 Å². The lowest BCUT2D eigenvalue weighted by atomic mass is 10.1. The van der Waals surface area contributed by atoms with Crippen LogP contribution in [0.3, 0.4) is 0 Å². The monoisotopic (exact) mass is 490 g/mol. The molecule has 184 valence electrons. The van der Waals surface area contributed by atoms with Crippen LogP contribution in [-0.2, 0) is 6.42 Å². The number of hydrogen-bond donors (Lipinski definition) is 2. The van der Waals surface area contributed by atoms with Gasteiger partial charge in [0.15, 0.2) is 0 Å². The van der Waals surface area contributed by atoms with Crippen LogP contribution >= 0.6 is 0 Å². The largest absolute Gasteiger partial charge is 0.470 e. The van der Waals surface area contributed by atoms with Gasteiger partial charge in [-0.15, -0.1) is 0 Å². The van der Waals surface area contributed by atoms with E-state index in [1.54, 1.807) is 6.20 Å². The van der Waals surface area contributed by atoms with Crippen LogP contribution in [0.5, 0.6) is 5.88 Å². The Kier molecular flexibility index (Phi) is 7.64. The highest BCUT2D eigenvalue weighted by atomic mass is 16.6. The molecule has 2 N–H and O–H groups in total. The van der Waals surface area contributed by atoms with Gasteiger partial charge in [-0.2, -0.15) is 5.26 Å². The Morgan fingerprint density at radius 1 is 0.919 bits per heavy atom. The molecule has 1 unspecified atom stereocenters. The van der Waals surface area contributed by atoms with E-state index in [0.717, 1.165) is 41.8 Å². The number of nitriles is 1. The van der Waals surface area contributed by atoms with Crippen molar-refractivity contribution < 1.29 is 9.37 Å². The average molecular weight is 491 g/mol. The van der Waals surface area contributed by atoms with Crippen LogP contribution in [0.25, 0.3) is 22.2 Å². The summed E-state index contributed by atoms with van der Waals surface area (Å²) in [6.07, 6.45) is 2.70. The normalized spacial score (nSPS) is 13.9. The molecule has 0 spiro atoms. The highest BCUT2D eigenvalue weighted by Crippen LogP contribution is 2.32. The van der Waals surface area contributed by atoms with Crippen LogP contribution in [0, 0.1) is 11.3 Å². The fourth-order valence-corrected chi connectivity index (χ4v) is 3.96. The van der Waals surface area contributed by atoms with E-state index in [0.29, 0.717) is 23.5 Å². The van der Waals surface area contributed by atoms with Crippen molar-refractivity contribution in [1.29, 1.82) is 5.26 Å². The van der Waals surface area contributed by atoms with Gasteiger partial charge in [0.2, 0.25) is 5.88 Å². The molecule has 1 atom stereocenters. The van der Waals surface area contributed by atoms with Gasteiger partial charge in [0, 0.05) is 18.3 Å². The van der Waals surface area contributed by atoms with Crippen LogP contribution in [0.2, 0.25) is 0 Å². The molecule has 0 saturated heterocycles. The molecule has 0 amide bonds. The number of benzene rings is 3. The fraction of sp³-hybridized carbons (Fsp3) is 0.172. The first kappa shape index (κ1) is 24.0. The summed E-state index contributed by atoms with van der Waals surface area (Å²) < 4.78 is 10.8. The zero-order valence-corrected chi connectivity index (χ0v) is 20.2. The SMILES string of the molecule is N#Cc1ccc(CCNCC2CNc3cc(-c4ccc5nonc5c4)cnc3O2)cc1.c1ccccc1. The van der Waals surface area contributed by atoms with Gasteiger partial charge >= 0.3 is 0 Å². The summed E-state index contributed by atoms with van der Waals surface area (Å²) in [5.41, 5.74) is 6.17. The van der Waals surface area contributed by atoms with Crippen LogP contribution in [-0.4, -0.2) is 41.0 Å². The summed E-state index contributed by atoms with van der Waals surface area (Å²) in [6, 6.07) is 29.6. The highest BCUT2D eigenvalue weighted by molar-refractivity contribution is 5.81. The second kappa shape index (κ2) is 11.8. The third kappa shape index (κ3) is 6.28. The molecular weight excluding hydrogens is 464 g/mol. The first-order chi connectivity index (χ1) is 18.3. The minimum atomic E-state index is 0.00405. The van der Waals surface area contributed by atoms with Gasteiger partial charge in [0.1, 0.15) is 17.1 Å². The van der Waals surface area contributed by atoms with Crippen LogP contribution < -0.4 is 15.4 Å². The molecule has 3 heterocycles. The van der Waals surface area contributed by atoms with E-state index < -0.39 is 0 Å². The Morgan fingerprint density at radius 3 is 2.43 bits per heavy atom. The third-order valence-corrected chi connectivity index (χ3v) is 5.95. The number of aromatic nitrogens is 3. The second-order valence-corrected chi connectivity index (χ2v) is 8.58. The van der Waals surface area contributed by atoms with Crippen molar-refractivity contribution in [3.05, 3.63) is 102 Å². The van der Waals surface area contributed by atoms with Gasteiger partial charge in [-0.25, -0.2) is 9.61 Å². The average Bonchev–Trinajstić information content (AvgIpc) is 3.45. The van der Waals surface area contributed by atoms with E-state index in [1.165, 1.54) is 5.56 Å². The number of pyridine rings is 1. The standard InChI is InChI=1S/C23H20N6O2.C6H6/c24-11-16-3-1-15(2-4-16)7-8-25-13-19-14-26-22-10-18(12-27-23(22)30-19)17-5-6-20-21(9-17)29-31-28-20;1-2-4-6-5-3-1/h1-6,9-10,12,19,25-26H,7-8,13-14H2;1-6H. The van der Waals surface area contributed by atoms with E-state index in [4.69, 9.17) is 14.6 Å². The van der Waals surface area contributed by atoms with Gasteiger partial charge in [0.05, 0.1) is 23.9 Å². The van der Waals surface area contributed by atoms with Crippen LogP contribution in [0.15, 0.2) is 95.8 Å². The zero-order chi connectivity index (χ0) is 25.3. The van der Waals surface area contributed by atoms with E-state index in [-0.39, 0.29) is 6.10 Å². The molecule has 0 aliphatic carbocycles. The molecule has 37 heavy (non-hydrogen) atoms. The molecule has 0 saturated carbocycles. The van der Waals surface area contributed by atoms with Crippen molar-refractivity contribution in [2.45, 2.75) is 12.5 Å². The molecule has 5 aromatic rings. The predicted molar refractivity (Wildman–Crippen MR) is 142 cm³/mol. The van der Waals surface area contributed by atoms with Crippen LogP contribution in [0.1, 0.15) is 11.1 Å². The Morgan fingerprint density at radius 2 is 1.68 bits per heavy atom. The summed E-state index contributed by atoms with van der Waals surface area (Å²) >= 11 is 0. The van der Waals surface area contributed by atoms with Crippen molar-refractivity contribution >= 4 is 16.7 Å². The summed E-state index contributed by atoms with van der Waals surface area (Å²) in [6.45, 7) is 2.26. The predicted octanol–water partition coefficient (Wildman–Crippen LogP) is 4.85. The van der Waals surface area contributed by atoms with Gasteiger partial charge in [-0.05, 0) is 64.7 Å². The minimum Gasteiger partial charge on any atom is -0.470 e. The molecule has 0 radical (unpaired) electrons. The summed E-state index contributed by atoms with van der Waals surface area (Å²) in [5.74, 6) is 0.609. The van der Waals surface area contributed by atoms with Crippen molar-refractivity contribution in [3.8, 4) is 23.1 Å². The lowest BCUT2D eigenvalue weighted by Crippen LogP contribution is -2.40. The molecule has 0 fully saturated rings. The molecule has 8 nitrogen and oxygen atoms in total. The maximum Gasteiger partial charge on any atom is 0.237 e. The van der Waals surface area contributed by atoms with Gasteiger partial charge in [0.25, 0.3) is 0 Å². The van der Waals surface area contributed by atoms with Gasteiger partial charge in [-0.3, -0.25) is 0 Å². The van der Waals surface area contributed by atoms with Crippen LogP contribution in [0.4, 0.5) is 5.69 Å². The maximum atomic E-state index is 8.86. The molecule has 0 bridgehead atoms. The Balaban J connectivity index is 0.000000412. The number of rotatable bonds is 6. The molecule has 1 aliphatic heterocycles. The number of anilines is 1. The second-order valence-electron chi connectivity index (χ2n) is 8.58. The first-order valence-electron chi connectivity index (χ1n) is 12.1. The molecule has 8 heteroatoms. The molecule has 1 aliphatic rings. The maximum absolute atomic E-state index is 8.86. The third-order valence-electron chi connectivity index (χ3n) is 5.95. The smallest absolute Gasteiger partial charge is 0.237 e. The number of ether oxygens (including phenoxy) is 1. The Bertz CT molecular complexity index is 1450. The fourth-order valence-electron chi connectivity index (χ4n) is 3.96. The van der Waals surface area contributed by atoms with E-state index in [9.17, 15) is 0 Å². The summed E-state index contributed by atoms with van der Waals surface area (Å²) in [5, 5.41) is 23.5. The van der Waals surface area contributed by atoms with Gasteiger partial charge in [-0.1, -0.05) is 54.6 Å². The molecular formula is C29H26N6O2. The molecule has 6 rings (SSSR count). The lowest BCUT2D eigenvalue weighted by molar-refractivity contribution is 0.194. The van der Waals surface area contributed by atoms with Crippen molar-refractivity contribution in [1.82, 2.24) is 20.6 Å². The van der Waals surface area contributed by atoms with Crippen molar-refractivity contribution in [2.75, 3.05) is 25.0 Å². The highest BCUT2D eigenvalue weighted by Gasteiger charge is 2.20. The summed E-state index contributed by atoms with van der Waals surface area (Å²) in [4.78, 5) is 4.51. The number of hydrogen-bond acceptors (Lipinski definition) is 8. The number of fused-ring (bicyclic) bond motifs is 2. The topological polar surface area (TPSA) is 109 Å². The first-order valence-corrected chi connectivity index (χ1v) is 12.1. The van der Waals surface area contributed by atoms with Crippen molar-refractivity contribution in [2.24, 2.45) is 0 Å². The van der Waals surface area contributed by atoms with E-state index >= 15 is 0 Å². The minimum absolute atomic E-state index is 0.00405. The van der Waals surface area contributed by atoms with E-state index in [1.807, 2.05) is 84.9 Å². The zero-order valence-electron chi connectivity index (χ0n) is 20.2. The number of nitrogens with one attached hydrogen (secondary N) is 2. The summed E-state index contributed by atoms with van der Waals surface area (Å²) in [7, 11) is 0. The van der Waals surface area contributed by atoms with Crippen molar-refractivity contribution in [3.63, 3.8) is 0 Å².